The fourth-order valence-electron chi connectivity index (χ4n) is 3.08. The van der Waals surface area contributed by atoms with Crippen molar-refractivity contribution < 1.29 is 18.5 Å². The molecular formula is C19H17FN4O4. The van der Waals surface area contributed by atoms with Gasteiger partial charge in [-0.3, -0.25) is 15.0 Å². The van der Waals surface area contributed by atoms with E-state index >= 15 is 0 Å². The van der Waals surface area contributed by atoms with E-state index in [1.807, 2.05) is 0 Å². The number of benzene rings is 2. The molecule has 4 rings (SSSR count). The van der Waals surface area contributed by atoms with Crippen molar-refractivity contribution in [3.05, 3.63) is 75.9 Å². The van der Waals surface area contributed by atoms with Gasteiger partial charge in [-0.15, -0.1) is 10.2 Å². The first-order chi connectivity index (χ1) is 13.6. The summed E-state index contributed by atoms with van der Waals surface area (Å²) in [5, 5.41) is 18.8. The summed E-state index contributed by atoms with van der Waals surface area (Å²) in [6.07, 6.45) is -0.147. The van der Waals surface area contributed by atoms with Crippen LogP contribution in [0.15, 0.2) is 52.9 Å². The molecule has 1 fully saturated rings. The Bertz CT molecular complexity index is 959. The molecule has 0 aliphatic carbocycles. The van der Waals surface area contributed by atoms with Crippen LogP contribution in [-0.2, 0) is 11.3 Å². The highest BCUT2D eigenvalue weighted by molar-refractivity contribution is 5.55. The van der Waals surface area contributed by atoms with E-state index in [-0.39, 0.29) is 17.6 Å². The van der Waals surface area contributed by atoms with E-state index in [0.29, 0.717) is 43.6 Å². The van der Waals surface area contributed by atoms with Gasteiger partial charge in [0.1, 0.15) is 5.82 Å². The Morgan fingerprint density at radius 3 is 2.61 bits per heavy atom. The number of hydrogen-bond acceptors (Lipinski definition) is 7. The maximum atomic E-state index is 13.1. The summed E-state index contributed by atoms with van der Waals surface area (Å²) >= 11 is 0. The lowest BCUT2D eigenvalue weighted by Crippen LogP contribution is -2.37. The van der Waals surface area contributed by atoms with Gasteiger partial charge < -0.3 is 9.15 Å². The molecule has 0 spiro atoms. The van der Waals surface area contributed by atoms with E-state index in [0.717, 1.165) is 5.56 Å². The van der Waals surface area contributed by atoms with Crippen LogP contribution in [0.5, 0.6) is 0 Å². The number of morpholine rings is 1. The maximum Gasteiger partial charge on any atom is 0.269 e. The number of nitro groups is 1. The molecule has 3 aromatic rings. The van der Waals surface area contributed by atoms with Crippen LogP contribution in [0, 0.1) is 15.9 Å². The van der Waals surface area contributed by atoms with Gasteiger partial charge in [-0.05, 0) is 29.8 Å². The first kappa shape index (κ1) is 18.2. The van der Waals surface area contributed by atoms with Gasteiger partial charge in [-0.25, -0.2) is 4.39 Å². The third-order valence-electron chi connectivity index (χ3n) is 4.54. The molecule has 1 aromatic heterocycles. The van der Waals surface area contributed by atoms with Crippen LogP contribution >= 0.6 is 0 Å². The Kier molecular flexibility index (Phi) is 5.09. The van der Waals surface area contributed by atoms with Crippen molar-refractivity contribution in [3.63, 3.8) is 0 Å². The summed E-state index contributed by atoms with van der Waals surface area (Å²) in [4.78, 5) is 12.4. The van der Waals surface area contributed by atoms with Crippen LogP contribution in [0.25, 0.3) is 11.5 Å². The molecule has 0 saturated carbocycles. The highest BCUT2D eigenvalue weighted by Crippen LogP contribution is 2.25. The number of rotatable bonds is 5. The smallest absolute Gasteiger partial charge is 0.269 e. The third kappa shape index (κ3) is 4.05. The normalized spacial score (nSPS) is 17.5. The molecule has 0 amide bonds. The van der Waals surface area contributed by atoms with Crippen molar-refractivity contribution in [1.29, 1.82) is 0 Å². The molecule has 9 heteroatoms. The minimum Gasteiger partial charge on any atom is -0.419 e. The van der Waals surface area contributed by atoms with E-state index in [9.17, 15) is 14.5 Å². The molecule has 0 radical (unpaired) electrons. The van der Waals surface area contributed by atoms with Crippen LogP contribution in [0.2, 0.25) is 0 Å². The van der Waals surface area contributed by atoms with Gasteiger partial charge in [-0.1, -0.05) is 12.1 Å². The lowest BCUT2D eigenvalue weighted by molar-refractivity contribution is -0.384. The fraction of sp³-hybridized carbons (Fsp3) is 0.263. The first-order valence-corrected chi connectivity index (χ1v) is 8.75. The molecule has 0 bridgehead atoms. The summed E-state index contributed by atoms with van der Waals surface area (Å²) < 4.78 is 24.6. The minimum atomic E-state index is -0.459. The van der Waals surface area contributed by atoms with Crippen LogP contribution in [-0.4, -0.2) is 39.7 Å². The topological polar surface area (TPSA) is 94.5 Å². The quantitative estimate of drug-likeness (QED) is 0.492. The summed E-state index contributed by atoms with van der Waals surface area (Å²) in [5.74, 6) is 0.488. The van der Waals surface area contributed by atoms with Gasteiger partial charge in [0.2, 0.25) is 11.8 Å². The number of nitrogens with zero attached hydrogens (tertiary/aromatic N) is 4. The van der Waals surface area contributed by atoms with Crippen molar-refractivity contribution in [2.24, 2.45) is 0 Å². The second-order valence-corrected chi connectivity index (χ2v) is 6.45. The molecule has 8 nitrogen and oxygen atoms in total. The van der Waals surface area contributed by atoms with Crippen LogP contribution < -0.4 is 0 Å². The predicted octanol–water partition coefficient (Wildman–Crippen LogP) is 3.36. The largest absolute Gasteiger partial charge is 0.419 e. The van der Waals surface area contributed by atoms with Gasteiger partial charge in [0.05, 0.1) is 24.2 Å². The first-order valence-electron chi connectivity index (χ1n) is 8.75. The summed E-state index contributed by atoms with van der Waals surface area (Å²) in [5.41, 5.74) is 1.54. The number of hydrogen-bond donors (Lipinski definition) is 0. The Morgan fingerprint density at radius 1 is 1.14 bits per heavy atom. The molecule has 2 heterocycles. The molecule has 2 aromatic carbocycles. The molecular weight excluding hydrogens is 367 g/mol. The zero-order valence-electron chi connectivity index (χ0n) is 14.8. The monoisotopic (exact) mass is 384 g/mol. The van der Waals surface area contributed by atoms with E-state index in [4.69, 9.17) is 9.15 Å². The summed E-state index contributed by atoms with van der Waals surface area (Å²) in [6.45, 7) is 2.35. The van der Waals surface area contributed by atoms with E-state index in [1.54, 1.807) is 24.3 Å². The summed E-state index contributed by atoms with van der Waals surface area (Å²) in [7, 11) is 0. The lowest BCUT2D eigenvalue weighted by Gasteiger charge is -2.32. The average molecular weight is 384 g/mol. The van der Waals surface area contributed by atoms with Crippen LogP contribution in [0.1, 0.15) is 17.6 Å². The third-order valence-corrected chi connectivity index (χ3v) is 4.54. The lowest BCUT2D eigenvalue weighted by atomic mass is 10.1. The van der Waals surface area contributed by atoms with Crippen molar-refractivity contribution >= 4 is 5.69 Å². The van der Waals surface area contributed by atoms with Crippen LogP contribution in [0.4, 0.5) is 10.1 Å². The van der Waals surface area contributed by atoms with Gasteiger partial charge in [0.15, 0.2) is 0 Å². The van der Waals surface area contributed by atoms with E-state index in [1.165, 1.54) is 24.3 Å². The van der Waals surface area contributed by atoms with Crippen molar-refractivity contribution in [2.45, 2.75) is 12.6 Å². The number of non-ortho nitro benzene ring substituents is 1. The molecule has 28 heavy (non-hydrogen) atoms. The van der Waals surface area contributed by atoms with Crippen molar-refractivity contribution in [2.75, 3.05) is 19.7 Å². The molecule has 0 N–H and O–H groups in total. The molecule has 1 atom stereocenters. The van der Waals surface area contributed by atoms with Crippen molar-refractivity contribution in [1.82, 2.24) is 15.1 Å². The van der Waals surface area contributed by atoms with E-state index in [2.05, 4.69) is 15.1 Å². The maximum absolute atomic E-state index is 13.1. The number of nitro benzene ring substituents is 1. The Balaban J connectivity index is 1.41. The summed E-state index contributed by atoms with van der Waals surface area (Å²) in [6, 6.07) is 12.2. The van der Waals surface area contributed by atoms with Gasteiger partial charge >= 0.3 is 0 Å². The second kappa shape index (κ2) is 7.83. The average Bonchev–Trinajstić information content (AvgIpc) is 3.17. The van der Waals surface area contributed by atoms with Crippen molar-refractivity contribution in [3.8, 4) is 11.5 Å². The van der Waals surface area contributed by atoms with Gasteiger partial charge in [0, 0.05) is 30.8 Å². The highest BCUT2D eigenvalue weighted by atomic mass is 19.1. The Labute approximate surface area is 159 Å². The number of ether oxygens (including phenoxy) is 1. The van der Waals surface area contributed by atoms with Gasteiger partial charge in [0.25, 0.3) is 5.69 Å². The SMILES string of the molecule is O=[N+]([O-])c1ccc(-c2nnc(CN3CCOC(c4ccc(F)cc4)C3)o2)cc1. The fourth-order valence-corrected chi connectivity index (χ4v) is 3.08. The molecule has 1 aliphatic heterocycles. The molecule has 1 aliphatic rings. The van der Waals surface area contributed by atoms with Gasteiger partial charge in [-0.2, -0.15) is 0 Å². The number of aromatic nitrogens is 2. The van der Waals surface area contributed by atoms with Crippen LogP contribution in [0.3, 0.4) is 0 Å². The molecule has 1 unspecified atom stereocenters. The standard InChI is InChI=1S/C19H17FN4O4/c20-15-5-1-13(2-6-15)17-11-23(9-10-27-17)12-18-21-22-19(28-18)14-3-7-16(8-4-14)24(25)26/h1-8,17H,9-12H2. The second-order valence-electron chi connectivity index (χ2n) is 6.45. The predicted molar refractivity (Wildman–Crippen MR) is 96.8 cm³/mol. The zero-order chi connectivity index (χ0) is 19.5. The highest BCUT2D eigenvalue weighted by Gasteiger charge is 2.23. The number of halogens is 1. The Morgan fingerprint density at radius 2 is 1.89 bits per heavy atom. The Hall–Kier alpha value is -3.17. The zero-order valence-corrected chi connectivity index (χ0v) is 14.8. The molecule has 1 saturated heterocycles. The molecule has 144 valence electrons. The van der Waals surface area contributed by atoms with E-state index < -0.39 is 4.92 Å². The minimum absolute atomic E-state index is 0.00337.